The lowest BCUT2D eigenvalue weighted by Crippen LogP contribution is -2.34. The standard InChI is InChI=1S/C23H24FN3O2/c1-3-27-14(2)21-18(23(27)28)5-4-6-19(21)26-11-9-15(10-12-26)22-17-8-7-16(24)13-20(17)29-25-22/h4-8,13-15H,3,9-12H2,1-2H3. The fourth-order valence-corrected chi connectivity index (χ4v) is 4.98. The van der Waals surface area contributed by atoms with Gasteiger partial charge in [-0.2, -0.15) is 0 Å². The van der Waals surface area contributed by atoms with Gasteiger partial charge in [0.15, 0.2) is 5.58 Å². The SMILES string of the molecule is CCN1C(=O)c2cccc(N3CCC(c4noc5cc(F)ccc45)CC3)c2C1C. The van der Waals surface area contributed by atoms with E-state index in [1.165, 1.54) is 17.8 Å². The van der Waals surface area contributed by atoms with Gasteiger partial charge in [-0.3, -0.25) is 4.79 Å². The summed E-state index contributed by atoms with van der Waals surface area (Å²) in [6, 6.07) is 10.8. The van der Waals surface area contributed by atoms with E-state index in [9.17, 15) is 9.18 Å². The van der Waals surface area contributed by atoms with Crippen molar-refractivity contribution in [2.75, 3.05) is 24.5 Å². The topological polar surface area (TPSA) is 49.6 Å². The van der Waals surface area contributed by atoms with Crippen molar-refractivity contribution < 1.29 is 13.7 Å². The zero-order valence-electron chi connectivity index (χ0n) is 16.7. The summed E-state index contributed by atoms with van der Waals surface area (Å²) in [5.74, 6) is 0.117. The third-order valence-corrected chi connectivity index (χ3v) is 6.48. The number of aromatic nitrogens is 1. The number of hydrogen-bond acceptors (Lipinski definition) is 4. The number of amides is 1. The maximum atomic E-state index is 13.4. The van der Waals surface area contributed by atoms with Gasteiger partial charge in [0.05, 0.1) is 11.7 Å². The molecule has 0 spiro atoms. The van der Waals surface area contributed by atoms with Crippen LogP contribution in [0.3, 0.4) is 0 Å². The molecule has 29 heavy (non-hydrogen) atoms. The van der Waals surface area contributed by atoms with Gasteiger partial charge in [0.2, 0.25) is 0 Å². The molecule has 3 aromatic rings. The van der Waals surface area contributed by atoms with Crippen molar-refractivity contribution in [2.24, 2.45) is 0 Å². The highest BCUT2D eigenvalue weighted by Gasteiger charge is 2.36. The van der Waals surface area contributed by atoms with Crippen molar-refractivity contribution in [2.45, 2.75) is 38.6 Å². The zero-order chi connectivity index (χ0) is 20.1. The predicted octanol–water partition coefficient (Wildman–Crippen LogP) is 4.89. The van der Waals surface area contributed by atoms with Gasteiger partial charge in [-0.1, -0.05) is 11.2 Å². The number of rotatable bonds is 3. The zero-order valence-corrected chi connectivity index (χ0v) is 16.7. The first-order valence-electron chi connectivity index (χ1n) is 10.3. The van der Waals surface area contributed by atoms with E-state index in [1.54, 1.807) is 6.07 Å². The first-order valence-corrected chi connectivity index (χ1v) is 10.3. The molecular weight excluding hydrogens is 369 g/mol. The van der Waals surface area contributed by atoms with Crippen LogP contribution >= 0.6 is 0 Å². The molecule has 3 heterocycles. The van der Waals surface area contributed by atoms with Crippen LogP contribution in [0.2, 0.25) is 0 Å². The Hall–Kier alpha value is -2.89. The number of fused-ring (bicyclic) bond motifs is 2. The molecule has 0 N–H and O–H groups in total. The van der Waals surface area contributed by atoms with Crippen LogP contribution in [-0.4, -0.2) is 35.6 Å². The molecule has 1 amide bonds. The first-order chi connectivity index (χ1) is 14.1. The Bertz CT molecular complexity index is 1080. The van der Waals surface area contributed by atoms with Gasteiger partial charge in [0.25, 0.3) is 5.91 Å². The number of carbonyl (C=O) groups excluding carboxylic acids is 1. The minimum atomic E-state index is -0.308. The lowest BCUT2D eigenvalue weighted by molar-refractivity contribution is 0.0748. The summed E-state index contributed by atoms with van der Waals surface area (Å²) < 4.78 is 18.8. The van der Waals surface area contributed by atoms with Crippen molar-refractivity contribution in [1.82, 2.24) is 10.1 Å². The second-order valence-electron chi connectivity index (χ2n) is 7.98. The number of piperidine rings is 1. The fraction of sp³-hybridized carbons (Fsp3) is 0.391. The summed E-state index contributed by atoms with van der Waals surface area (Å²) in [5, 5.41) is 5.15. The van der Waals surface area contributed by atoms with Crippen molar-refractivity contribution in [3.63, 3.8) is 0 Å². The van der Waals surface area contributed by atoms with Gasteiger partial charge in [0.1, 0.15) is 5.82 Å². The largest absolute Gasteiger partial charge is 0.371 e. The van der Waals surface area contributed by atoms with E-state index >= 15 is 0 Å². The van der Waals surface area contributed by atoms with Crippen LogP contribution in [0.25, 0.3) is 11.0 Å². The lowest BCUT2D eigenvalue weighted by Gasteiger charge is -2.35. The molecule has 150 valence electrons. The summed E-state index contributed by atoms with van der Waals surface area (Å²) in [4.78, 5) is 17.0. The number of benzene rings is 2. The molecule has 0 radical (unpaired) electrons. The van der Waals surface area contributed by atoms with Gasteiger partial charge in [-0.25, -0.2) is 4.39 Å². The molecule has 1 fully saturated rings. The second-order valence-corrected chi connectivity index (χ2v) is 7.98. The fourth-order valence-electron chi connectivity index (χ4n) is 4.98. The molecular formula is C23H24FN3O2. The average molecular weight is 393 g/mol. The van der Waals surface area contributed by atoms with Crippen LogP contribution in [0.15, 0.2) is 40.9 Å². The van der Waals surface area contributed by atoms with E-state index < -0.39 is 0 Å². The number of nitrogens with zero attached hydrogens (tertiary/aromatic N) is 3. The molecule has 0 aliphatic carbocycles. The highest BCUT2D eigenvalue weighted by atomic mass is 19.1. The van der Waals surface area contributed by atoms with Gasteiger partial charge in [-0.15, -0.1) is 0 Å². The van der Waals surface area contributed by atoms with E-state index in [-0.39, 0.29) is 17.8 Å². The summed E-state index contributed by atoms with van der Waals surface area (Å²) in [5.41, 5.74) is 4.60. The van der Waals surface area contributed by atoms with Crippen LogP contribution in [0, 0.1) is 5.82 Å². The maximum Gasteiger partial charge on any atom is 0.254 e. The van der Waals surface area contributed by atoms with E-state index in [1.807, 2.05) is 24.0 Å². The summed E-state index contributed by atoms with van der Waals surface area (Å²) in [6.45, 7) is 6.65. The van der Waals surface area contributed by atoms with Gasteiger partial charge >= 0.3 is 0 Å². The molecule has 0 saturated carbocycles. The molecule has 1 saturated heterocycles. The predicted molar refractivity (Wildman–Crippen MR) is 110 cm³/mol. The molecule has 1 aromatic heterocycles. The second kappa shape index (κ2) is 6.87. The van der Waals surface area contributed by atoms with Gasteiger partial charge in [-0.05, 0) is 51.0 Å². The minimum Gasteiger partial charge on any atom is -0.371 e. The molecule has 1 unspecified atom stereocenters. The summed E-state index contributed by atoms with van der Waals surface area (Å²) in [6.07, 6.45) is 1.89. The normalized spacial score (nSPS) is 20.0. The third-order valence-electron chi connectivity index (χ3n) is 6.48. The first kappa shape index (κ1) is 18.2. The van der Waals surface area contributed by atoms with Crippen LogP contribution < -0.4 is 4.90 Å². The molecule has 2 aromatic carbocycles. The van der Waals surface area contributed by atoms with Crippen molar-refractivity contribution in [3.05, 3.63) is 59.0 Å². The van der Waals surface area contributed by atoms with Crippen molar-refractivity contribution >= 4 is 22.6 Å². The van der Waals surface area contributed by atoms with Crippen molar-refractivity contribution in [1.29, 1.82) is 0 Å². The lowest BCUT2D eigenvalue weighted by atomic mass is 9.90. The van der Waals surface area contributed by atoms with Gasteiger partial charge in [0, 0.05) is 53.8 Å². The van der Waals surface area contributed by atoms with E-state index in [2.05, 4.69) is 23.0 Å². The summed E-state index contributed by atoms with van der Waals surface area (Å²) in [7, 11) is 0. The van der Waals surface area contributed by atoms with Crippen LogP contribution in [0.1, 0.15) is 60.3 Å². The number of carbonyl (C=O) groups is 1. The smallest absolute Gasteiger partial charge is 0.254 e. The maximum absolute atomic E-state index is 13.4. The van der Waals surface area contributed by atoms with Crippen LogP contribution in [0.5, 0.6) is 0 Å². The Balaban J connectivity index is 1.39. The molecule has 5 nitrogen and oxygen atoms in total. The molecule has 1 atom stereocenters. The highest BCUT2D eigenvalue weighted by molar-refractivity contribution is 6.01. The van der Waals surface area contributed by atoms with Gasteiger partial charge < -0.3 is 14.3 Å². The molecule has 6 heteroatoms. The summed E-state index contributed by atoms with van der Waals surface area (Å²) >= 11 is 0. The molecule has 0 bridgehead atoms. The van der Waals surface area contributed by atoms with E-state index in [0.29, 0.717) is 11.5 Å². The number of anilines is 1. The Kier molecular flexibility index (Phi) is 4.30. The Morgan fingerprint density at radius 3 is 2.76 bits per heavy atom. The molecule has 2 aliphatic rings. The Labute approximate surface area is 169 Å². The van der Waals surface area contributed by atoms with Crippen LogP contribution in [-0.2, 0) is 0 Å². The monoisotopic (exact) mass is 393 g/mol. The average Bonchev–Trinajstić information content (AvgIpc) is 3.26. The van der Waals surface area contributed by atoms with E-state index in [0.717, 1.165) is 54.7 Å². The number of hydrogen-bond donors (Lipinski definition) is 0. The third kappa shape index (κ3) is 2.81. The highest BCUT2D eigenvalue weighted by Crippen LogP contribution is 2.41. The Morgan fingerprint density at radius 1 is 1.21 bits per heavy atom. The quantitative estimate of drug-likeness (QED) is 0.636. The number of halogens is 1. The molecule has 2 aliphatic heterocycles. The Morgan fingerprint density at radius 2 is 2.00 bits per heavy atom. The minimum absolute atomic E-state index is 0.103. The van der Waals surface area contributed by atoms with E-state index in [4.69, 9.17) is 4.52 Å². The van der Waals surface area contributed by atoms with Crippen molar-refractivity contribution in [3.8, 4) is 0 Å². The molecule has 5 rings (SSSR count). The van der Waals surface area contributed by atoms with Crippen LogP contribution in [0.4, 0.5) is 10.1 Å².